The number of nitrogens with zero attached hydrogens (tertiary/aromatic N) is 1. The highest BCUT2D eigenvalue weighted by Gasteiger charge is 2.21. The number of esters is 1. The summed E-state index contributed by atoms with van der Waals surface area (Å²) < 4.78 is 21.7. The second-order valence-corrected chi connectivity index (χ2v) is 8.11. The van der Waals surface area contributed by atoms with Crippen molar-refractivity contribution in [3.05, 3.63) is 48.0 Å². The van der Waals surface area contributed by atoms with Crippen molar-refractivity contribution in [3.63, 3.8) is 0 Å². The van der Waals surface area contributed by atoms with Gasteiger partial charge in [-0.15, -0.1) is 0 Å². The third-order valence-electron chi connectivity index (χ3n) is 5.95. The van der Waals surface area contributed by atoms with Crippen molar-refractivity contribution < 1.29 is 28.5 Å². The van der Waals surface area contributed by atoms with E-state index in [-0.39, 0.29) is 18.6 Å². The first kappa shape index (κ1) is 23.4. The molecule has 1 aromatic heterocycles. The van der Waals surface area contributed by atoms with Crippen LogP contribution < -0.4 is 19.5 Å². The maximum atomic E-state index is 13.0. The number of aromatic nitrogens is 1. The molecule has 0 radical (unpaired) electrons. The molecule has 0 bridgehead atoms. The van der Waals surface area contributed by atoms with Crippen molar-refractivity contribution >= 4 is 22.8 Å². The summed E-state index contributed by atoms with van der Waals surface area (Å²) in [6, 6.07) is 12.6. The summed E-state index contributed by atoms with van der Waals surface area (Å²) in [4.78, 5) is 30.0. The molecule has 2 aromatic carbocycles. The normalized spacial score (nSPS) is 13.5. The quantitative estimate of drug-likeness (QED) is 0.501. The van der Waals surface area contributed by atoms with E-state index in [1.165, 1.54) is 21.3 Å². The van der Waals surface area contributed by atoms with Gasteiger partial charge in [0, 0.05) is 17.0 Å². The minimum Gasteiger partial charge on any atom is -0.493 e. The predicted molar refractivity (Wildman–Crippen MR) is 128 cm³/mol. The number of carbonyl (C=O) groups is 2. The molecular formula is C26H28N2O6. The molecule has 4 rings (SSSR count). The zero-order valence-corrected chi connectivity index (χ0v) is 19.6. The van der Waals surface area contributed by atoms with Crippen molar-refractivity contribution in [2.24, 2.45) is 0 Å². The van der Waals surface area contributed by atoms with Crippen molar-refractivity contribution in [2.75, 3.05) is 27.9 Å². The number of hydrogen-bond donors (Lipinski definition) is 1. The van der Waals surface area contributed by atoms with E-state index in [4.69, 9.17) is 23.9 Å². The summed E-state index contributed by atoms with van der Waals surface area (Å²) in [5.41, 5.74) is 2.15. The number of methoxy groups -OCH3 is 3. The molecule has 0 atom stereocenters. The SMILES string of the molecule is COc1cc(-c2cc(C(=O)OCC(=O)NC3CCCC3)c3ccccc3n2)cc(OC)c1OC. The third kappa shape index (κ3) is 4.90. The standard InChI is InChI=1S/C26H28N2O6/c1-31-22-12-16(13-23(32-2)25(22)33-3)21-14-19(18-10-6-7-11-20(18)28-21)26(30)34-15-24(29)27-17-8-4-5-9-17/h6-7,10-14,17H,4-5,8-9,15H2,1-3H3,(H,27,29). The Morgan fingerprint density at radius 3 is 2.29 bits per heavy atom. The van der Waals surface area contributed by atoms with Crippen molar-refractivity contribution in [3.8, 4) is 28.5 Å². The lowest BCUT2D eigenvalue weighted by atomic mass is 10.0. The molecule has 8 heteroatoms. The molecule has 8 nitrogen and oxygen atoms in total. The molecule has 0 spiro atoms. The minimum atomic E-state index is -0.589. The van der Waals surface area contributed by atoms with Gasteiger partial charge < -0.3 is 24.3 Å². The monoisotopic (exact) mass is 464 g/mol. The number of pyridine rings is 1. The fourth-order valence-corrected chi connectivity index (χ4v) is 4.27. The smallest absolute Gasteiger partial charge is 0.339 e. The highest BCUT2D eigenvalue weighted by Crippen LogP contribution is 2.41. The van der Waals surface area contributed by atoms with Gasteiger partial charge in [0.05, 0.1) is 38.1 Å². The second-order valence-electron chi connectivity index (χ2n) is 8.11. The summed E-state index contributed by atoms with van der Waals surface area (Å²) >= 11 is 0. The van der Waals surface area contributed by atoms with E-state index >= 15 is 0 Å². The van der Waals surface area contributed by atoms with Gasteiger partial charge in [0.2, 0.25) is 5.75 Å². The fraction of sp³-hybridized carbons (Fsp3) is 0.346. The van der Waals surface area contributed by atoms with Gasteiger partial charge in [0.1, 0.15) is 0 Å². The number of para-hydroxylation sites is 1. The molecule has 1 heterocycles. The van der Waals surface area contributed by atoms with E-state index in [1.807, 2.05) is 18.2 Å². The lowest BCUT2D eigenvalue weighted by Gasteiger charge is -2.15. The van der Waals surface area contributed by atoms with Gasteiger partial charge in [0.25, 0.3) is 5.91 Å². The lowest BCUT2D eigenvalue weighted by molar-refractivity contribution is -0.124. The van der Waals surface area contributed by atoms with E-state index in [9.17, 15) is 9.59 Å². The first-order valence-electron chi connectivity index (χ1n) is 11.2. The molecule has 1 N–H and O–H groups in total. The number of hydrogen-bond acceptors (Lipinski definition) is 7. The maximum Gasteiger partial charge on any atom is 0.339 e. The highest BCUT2D eigenvalue weighted by molar-refractivity contribution is 6.05. The molecule has 1 aliphatic rings. The number of amides is 1. The number of rotatable bonds is 8. The average molecular weight is 465 g/mol. The Balaban J connectivity index is 1.66. The van der Waals surface area contributed by atoms with E-state index in [2.05, 4.69) is 5.32 Å². The number of nitrogens with one attached hydrogen (secondary N) is 1. The Kier molecular flexibility index (Phi) is 7.15. The third-order valence-corrected chi connectivity index (χ3v) is 5.95. The van der Waals surface area contributed by atoms with E-state index < -0.39 is 5.97 Å². The summed E-state index contributed by atoms with van der Waals surface area (Å²) in [6.45, 7) is -0.328. The van der Waals surface area contributed by atoms with Gasteiger partial charge in [0.15, 0.2) is 18.1 Å². The van der Waals surface area contributed by atoms with Crippen molar-refractivity contribution in [2.45, 2.75) is 31.7 Å². The molecule has 0 unspecified atom stereocenters. The number of carbonyl (C=O) groups excluding carboxylic acids is 2. The predicted octanol–water partition coefficient (Wildman–Crippen LogP) is 4.14. The van der Waals surface area contributed by atoms with Crippen LogP contribution in [0.2, 0.25) is 0 Å². The van der Waals surface area contributed by atoms with Gasteiger partial charge >= 0.3 is 5.97 Å². The number of benzene rings is 2. The van der Waals surface area contributed by atoms with Gasteiger partial charge in [-0.25, -0.2) is 9.78 Å². The fourth-order valence-electron chi connectivity index (χ4n) is 4.27. The van der Waals surface area contributed by atoms with E-state index in [0.717, 1.165) is 25.7 Å². The molecule has 1 fully saturated rings. The maximum absolute atomic E-state index is 13.0. The summed E-state index contributed by atoms with van der Waals surface area (Å²) in [7, 11) is 4.61. The number of fused-ring (bicyclic) bond motifs is 1. The molecule has 0 aliphatic heterocycles. The van der Waals surface area contributed by atoms with Gasteiger partial charge in [-0.3, -0.25) is 4.79 Å². The highest BCUT2D eigenvalue weighted by atomic mass is 16.5. The lowest BCUT2D eigenvalue weighted by Crippen LogP contribution is -2.35. The molecular weight excluding hydrogens is 436 g/mol. The van der Waals surface area contributed by atoms with Crippen LogP contribution in [0.25, 0.3) is 22.2 Å². The van der Waals surface area contributed by atoms with Crippen LogP contribution in [-0.2, 0) is 9.53 Å². The molecule has 1 amide bonds. The van der Waals surface area contributed by atoms with Crippen LogP contribution >= 0.6 is 0 Å². The second kappa shape index (κ2) is 10.4. The summed E-state index contributed by atoms with van der Waals surface area (Å²) in [5.74, 6) is 0.527. The Morgan fingerprint density at radius 2 is 1.65 bits per heavy atom. The molecule has 1 aliphatic carbocycles. The van der Waals surface area contributed by atoms with Gasteiger partial charge in [-0.05, 0) is 37.1 Å². The molecule has 178 valence electrons. The average Bonchev–Trinajstić information content (AvgIpc) is 3.38. The van der Waals surface area contributed by atoms with E-state index in [0.29, 0.717) is 45.0 Å². The molecule has 1 saturated carbocycles. The first-order valence-corrected chi connectivity index (χ1v) is 11.2. The first-order chi connectivity index (χ1) is 16.5. The zero-order chi connectivity index (χ0) is 24.1. The molecule has 34 heavy (non-hydrogen) atoms. The largest absolute Gasteiger partial charge is 0.493 e. The summed E-state index contributed by atoms with van der Waals surface area (Å²) in [6.07, 6.45) is 4.15. The van der Waals surface area contributed by atoms with Gasteiger partial charge in [-0.1, -0.05) is 31.0 Å². The molecule has 0 saturated heterocycles. The van der Waals surface area contributed by atoms with Crippen molar-refractivity contribution in [1.82, 2.24) is 10.3 Å². The van der Waals surface area contributed by atoms with Gasteiger partial charge in [-0.2, -0.15) is 0 Å². The van der Waals surface area contributed by atoms with Crippen LogP contribution in [0.4, 0.5) is 0 Å². The number of ether oxygens (including phenoxy) is 4. The topological polar surface area (TPSA) is 96.0 Å². The minimum absolute atomic E-state index is 0.166. The van der Waals surface area contributed by atoms with Crippen LogP contribution in [0.3, 0.4) is 0 Å². The van der Waals surface area contributed by atoms with Crippen LogP contribution in [0.15, 0.2) is 42.5 Å². The van der Waals surface area contributed by atoms with Crippen LogP contribution in [0.1, 0.15) is 36.0 Å². The Hall–Kier alpha value is -3.81. The van der Waals surface area contributed by atoms with E-state index in [1.54, 1.807) is 24.3 Å². The van der Waals surface area contributed by atoms with Crippen LogP contribution in [-0.4, -0.2) is 50.8 Å². The Labute approximate surface area is 198 Å². The Bertz CT molecular complexity index is 1180. The molecule has 3 aromatic rings. The Morgan fingerprint density at radius 1 is 0.971 bits per heavy atom. The van der Waals surface area contributed by atoms with Crippen LogP contribution in [0, 0.1) is 0 Å². The zero-order valence-electron chi connectivity index (χ0n) is 19.6. The summed E-state index contributed by atoms with van der Waals surface area (Å²) in [5, 5.41) is 3.57. The van der Waals surface area contributed by atoms with Crippen LogP contribution in [0.5, 0.6) is 17.2 Å². The van der Waals surface area contributed by atoms with Crippen molar-refractivity contribution in [1.29, 1.82) is 0 Å².